The van der Waals surface area contributed by atoms with Gasteiger partial charge >= 0.3 is 0 Å². The summed E-state index contributed by atoms with van der Waals surface area (Å²) >= 11 is 0. The first-order chi connectivity index (χ1) is 21.2. The Bertz CT molecular complexity index is 2380. The van der Waals surface area contributed by atoms with Gasteiger partial charge in [0.15, 0.2) is 34.9 Å². The van der Waals surface area contributed by atoms with Crippen LogP contribution in [0.15, 0.2) is 82.8 Å². The van der Waals surface area contributed by atoms with Crippen molar-refractivity contribution in [3.63, 3.8) is 0 Å². The summed E-state index contributed by atoms with van der Waals surface area (Å²) in [5.41, 5.74) is 0.915. The van der Waals surface area contributed by atoms with Gasteiger partial charge in [-0.05, 0) is 92.3 Å². The minimum atomic E-state index is -1.58. The largest absolute Gasteiger partial charge is 0.206 e. The second-order valence-corrected chi connectivity index (χ2v) is 10.1. The lowest BCUT2D eigenvalue weighted by Gasteiger charge is -2.05. The molecule has 44 heavy (non-hydrogen) atoms. The molecule has 0 unspecified atom stereocenters. The molecule has 0 spiro atoms. The van der Waals surface area contributed by atoms with Crippen molar-refractivity contribution in [3.8, 4) is 34.6 Å². The molecule has 0 aliphatic carbocycles. The minimum absolute atomic E-state index is 0.0908. The second kappa shape index (κ2) is 9.79. The summed E-state index contributed by atoms with van der Waals surface area (Å²) in [5, 5.41) is 24.4. The SMILES string of the molecule is N#CN=c1c2cc(-c3cc(F)c(F)c(F)c3)ccc2c2cc3c(cc12)c(=NC#N)c1cc(-c2cc(F)c(F)c(F)c2)ccc13. The molecule has 210 valence electrons. The lowest BCUT2D eigenvalue weighted by molar-refractivity contribution is 0.447. The van der Waals surface area contributed by atoms with Crippen LogP contribution < -0.4 is 10.7 Å². The number of hydrogen-bond donors (Lipinski definition) is 0. The number of rotatable bonds is 2. The van der Waals surface area contributed by atoms with Gasteiger partial charge in [0.1, 0.15) is 0 Å². The van der Waals surface area contributed by atoms with Crippen LogP contribution in [0.3, 0.4) is 0 Å². The molecule has 0 radical (unpaired) electrons. The number of hydrogen-bond acceptors (Lipinski definition) is 4. The van der Waals surface area contributed by atoms with Crippen LogP contribution in [-0.2, 0) is 0 Å². The van der Waals surface area contributed by atoms with Crippen LogP contribution in [0.25, 0.3) is 65.3 Å². The molecule has 0 fully saturated rings. The molecule has 0 amide bonds. The van der Waals surface area contributed by atoms with Gasteiger partial charge in [-0.25, -0.2) is 26.3 Å². The van der Waals surface area contributed by atoms with E-state index in [9.17, 15) is 36.9 Å². The fraction of sp³-hybridized carbons (Fsp3) is 0. The molecule has 0 bridgehead atoms. The second-order valence-electron chi connectivity index (χ2n) is 10.1. The Balaban J connectivity index is 1.52. The normalized spacial score (nSPS) is 12.5. The van der Waals surface area contributed by atoms with E-state index in [-0.39, 0.29) is 21.8 Å². The van der Waals surface area contributed by atoms with Crippen LogP contribution in [0, 0.1) is 57.8 Å². The first-order valence-corrected chi connectivity index (χ1v) is 12.9. The van der Waals surface area contributed by atoms with Gasteiger partial charge in [0, 0.05) is 21.5 Å². The lowest BCUT2D eigenvalue weighted by atomic mass is 10.0. The van der Waals surface area contributed by atoms with Crippen LogP contribution in [0.4, 0.5) is 26.3 Å². The average molecular weight is 590 g/mol. The number of nitrogens with zero attached hydrogens (tertiary/aromatic N) is 4. The van der Waals surface area contributed by atoms with Crippen LogP contribution >= 0.6 is 0 Å². The predicted octanol–water partition coefficient (Wildman–Crippen LogP) is 8.11. The Labute approximate surface area is 243 Å². The highest BCUT2D eigenvalue weighted by atomic mass is 19.2. The first kappa shape index (κ1) is 26.9. The molecule has 7 aromatic rings. The molecule has 0 aliphatic rings. The quantitative estimate of drug-likeness (QED) is 0.116. The monoisotopic (exact) mass is 590 g/mol. The zero-order chi connectivity index (χ0) is 30.9. The first-order valence-electron chi connectivity index (χ1n) is 12.9. The van der Waals surface area contributed by atoms with Gasteiger partial charge in [-0.1, -0.05) is 24.3 Å². The molecule has 0 aliphatic heterocycles. The third kappa shape index (κ3) is 3.92. The minimum Gasteiger partial charge on any atom is -0.204 e. The van der Waals surface area contributed by atoms with Crippen molar-refractivity contribution in [1.82, 2.24) is 0 Å². The summed E-state index contributed by atoms with van der Waals surface area (Å²) in [6.07, 6.45) is 3.57. The van der Waals surface area contributed by atoms with E-state index in [1.807, 2.05) is 6.07 Å². The molecule has 10 heteroatoms. The van der Waals surface area contributed by atoms with E-state index in [0.717, 1.165) is 24.3 Å². The molecule has 0 saturated heterocycles. The van der Waals surface area contributed by atoms with Crippen LogP contribution in [0.2, 0.25) is 0 Å². The molecule has 4 nitrogen and oxygen atoms in total. The fourth-order valence-electron chi connectivity index (χ4n) is 5.82. The molecular weight excluding hydrogens is 578 g/mol. The van der Waals surface area contributed by atoms with E-state index in [0.29, 0.717) is 54.2 Å². The number of nitriles is 2. The number of benzene rings is 5. The van der Waals surface area contributed by atoms with Crippen molar-refractivity contribution in [3.05, 3.63) is 118 Å². The maximum Gasteiger partial charge on any atom is 0.206 e. The van der Waals surface area contributed by atoms with Crippen LogP contribution in [-0.4, -0.2) is 0 Å². The molecule has 7 aromatic carbocycles. The molecule has 0 N–H and O–H groups in total. The van der Waals surface area contributed by atoms with Gasteiger partial charge in [-0.3, -0.25) is 0 Å². The topological polar surface area (TPSA) is 72.3 Å². The van der Waals surface area contributed by atoms with Gasteiger partial charge in [0.25, 0.3) is 0 Å². The van der Waals surface area contributed by atoms with Crippen molar-refractivity contribution in [1.29, 1.82) is 10.5 Å². The summed E-state index contributed by atoms with van der Waals surface area (Å²) < 4.78 is 83.0. The molecule has 0 saturated carbocycles. The highest BCUT2D eigenvalue weighted by Gasteiger charge is 2.18. The van der Waals surface area contributed by atoms with E-state index < -0.39 is 34.9 Å². The van der Waals surface area contributed by atoms with Gasteiger partial charge in [0.05, 0.1) is 10.7 Å². The molecule has 0 heterocycles. The van der Waals surface area contributed by atoms with Gasteiger partial charge in [0.2, 0.25) is 12.4 Å². The molecule has 0 atom stereocenters. The van der Waals surface area contributed by atoms with E-state index in [4.69, 9.17) is 0 Å². The highest BCUT2D eigenvalue weighted by molar-refractivity contribution is 6.21. The van der Waals surface area contributed by atoms with Crippen molar-refractivity contribution < 1.29 is 26.3 Å². The fourth-order valence-corrected chi connectivity index (χ4v) is 5.82. The van der Waals surface area contributed by atoms with Crippen molar-refractivity contribution in [2.75, 3.05) is 0 Å². The van der Waals surface area contributed by atoms with Gasteiger partial charge < -0.3 is 0 Å². The van der Waals surface area contributed by atoms with Crippen molar-refractivity contribution in [2.45, 2.75) is 0 Å². The van der Waals surface area contributed by atoms with Crippen LogP contribution in [0.1, 0.15) is 0 Å². The van der Waals surface area contributed by atoms with Crippen molar-refractivity contribution >= 4 is 43.1 Å². The van der Waals surface area contributed by atoms with Gasteiger partial charge in [-0.15, -0.1) is 0 Å². The average Bonchev–Trinajstić information content (AvgIpc) is 3.48. The maximum atomic E-state index is 14.0. The third-order valence-corrected chi connectivity index (χ3v) is 7.76. The molecule has 7 rings (SSSR count). The third-order valence-electron chi connectivity index (χ3n) is 7.76. The zero-order valence-corrected chi connectivity index (χ0v) is 22.0. The standard InChI is InChI=1S/C34H12F6N4/c35-27-7-17(8-28(36)31(27)39)15-1-3-19-21-11-22-20-4-2-16(18-9-29(37)32(40)30(38)10-18)6-24(20)34(44-14-42)26(22)12-25(21)33(43-13-41)23(19)5-15/h1-12H. The van der Waals surface area contributed by atoms with E-state index in [2.05, 4.69) is 9.98 Å². The summed E-state index contributed by atoms with van der Waals surface area (Å²) in [7, 11) is 0. The summed E-state index contributed by atoms with van der Waals surface area (Å²) in [4.78, 5) is 8.04. The Morgan fingerprint density at radius 3 is 1.09 bits per heavy atom. The zero-order valence-electron chi connectivity index (χ0n) is 22.0. The summed E-state index contributed by atoms with van der Waals surface area (Å²) in [5.74, 6) is -8.52. The number of fused-ring (bicyclic) bond motifs is 6. The van der Waals surface area contributed by atoms with E-state index in [1.54, 1.807) is 54.9 Å². The predicted molar refractivity (Wildman–Crippen MR) is 152 cm³/mol. The summed E-state index contributed by atoms with van der Waals surface area (Å²) in [6.45, 7) is 0. The summed E-state index contributed by atoms with van der Waals surface area (Å²) in [6, 6.07) is 16.9. The Hall–Kier alpha value is -6.00. The molecule has 0 aromatic heterocycles. The smallest absolute Gasteiger partial charge is 0.204 e. The van der Waals surface area contributed by atoms with Crippen molar-refractivity contribution in [2.24, 2.45) is 9.98 Å². The Morgan fingerprint density at radius 2 is 0.727 bits per heavy atom. The van der Waals surface area contributed by atoms with E-state index >= 15 is 0 Å². The van der Waals surface area contributed by atoms with Crippen LogP contribution in [0.5, 0.6) is 0 Å². The highest BCUT2D eigenvalue weighted by Crippen LogP contribution is 2.36. The Kier molecular flexibility index (Phi) is 5.98. The Morgan fingerprint density at radius 1 is 0.386 bits per heavy atom. The number of halogens is 6. The molecular formula is C34H12F6N4. The van der Waals surface area contributed by atoms with E-state index in [1.165, 1.54) is 0 Å². The lowest BCUT2D eigenvalue weighted by Crippen LogP contribution is -2.01. The maximum absolute atomic E-state index is 14.0. The van der Waals surface area contributed by atoms with Gasteiger partial charge in [-0.2, -0.15) is 20.5 Å².